The predicted octanol–water partition coefficient (Wildman–Crippen LogP) is 1.84. The van der Waals surface area contributed by atoms with E-state index in [1.165, 1.54) is 6.42 Å². The van der Waals surface area contributed by atoms with Gasteiger partial charge in [0, 0.05) is 49.5 Å². The summed E-state index contributed by atoms with van der Waals surface area (Å²) in [6.45, 7) is 8.20. The smallest absolute Gasteiger partial charge is 0.232 e. The van der Waals surface area contributed by atoms with Crippen molar-refractivity contribution >= 4 is 11.7 Å². The van der Waals surface area contributed by atoms with Crippen molar-refractivity contribution in [3.05, 3.63) is 17.1 Å². The van der Waals surface area contributed by atoms with E-state index in [1.54, 1.807) is 4.90 Å². The molecule has 4 rings (SSSR count). The Balaban J connectivity index is 1.62. The topological polar surface area (TPSA) is 58.6 Å². The maximum atomic E-state index is 12.0. The van der Waals surface area contributed by atoms with Crippen LogP contribution in [0.15, 0.2) is 0 Å². The molecule has 0 bridgehead atoms. The van der Waals surface area contributed by atoms with E-state index in [-0.39, 0.29) is 11.3 Å². The summed E-state index contributed by atoms with van der Waals surface area (Å²) in [5.41, 5.74) is 1.90. The van der Waals surface area contributed by atoms with Gasteiger partial charge >= 0.3 is 0 Å². The van der Waals surface area contributed by atoms with Gasteiger partial charge in [-0.2, -0.15) is 0 Å². The van der Waals surface area contributed by atoms with Crippen molar-refractivity contribution in [2.75, 3.05) is 38.3 Å². The number of aromatic nitrogens is 2. The molecule has 1 atom stereocenters. The number of nitrogens with zero attached hydrogens (tertiary/aromatic N) is 4. The number of carbonyl (C=O) groups is 1. The molecular formula is C19H28N4O2. The van der Waals surface area contributed by atoms with E-state index in [9.17, 15) is 4.79 Å². The number of amides is 1. The zero-order valence-electron chi connectivity index (χ0n) is 15.5. The molecule has 0 spiro atoms. The Labute approximate surface area is 149 Å². The quantitative estimate of drug-likeness (QED) is 0.819. The third kappa shape index (κ3) is 2.95. The standard InChI is InChI=1S/C19H28N4O2/c1-13-15-11-16(24)22(3)17(15)21-18(20-13)19(2)7-4-8-23(12-19)14-5-9-25-10-6-14/h14H,4-12H2,1-3H3/t19-/m0/s1. The second kappa shape index (κ2) is 6.32. The highest BCUT2D eigenvalue weighted by atomic mass is 16.5. The second-order valence-electron chi connectivity index (χ2n) is 8.04. The van der Waals surface area contributed by atoms with Gasteiger partial charge < -0.3 is 4.74 Å². The summed E-state index contributed by atoms with van der Waals surface area (Å²) in [5.74, 6) is 1.83. The molecule has 0 unspecified atom stereocenters. The van der Waals surface area contributed by atoms with E-state index in [1.807, 2.05) is 14.0 Å². The number of hydrogen-bond donors (Lipinski definition) is 0. The summed E-state index contributed by atoms with van der Waals surface area (Å²) in [6.07, 6.45) is 4.95. The van der Waals surface area contributed by atoms with Crippen molar-refractivity contribution in [1.82, 2.24) is 14.9 Å². The molecular weight excluding hydrogens is 316 g/mol. The molecule has 1 aromatic rings. The minimum atomic E-state index is -0.0528. The molecule has 136 valence electrons. The molecule has 0 radical (unpaired) electrons. The summed E-state index contributed by atoms with van der Waals surface area (Å²) in [4.78, 5) is 26.1. The number of aryl methyl sites for hydroxylation is 1. The van der Waals surface area contributed by atoms with Crippen molar-refractivity contribution in [2.24, 2.45) is 0 Å². The zero-order valence-corrected chi connectivity index (χ0v) is 15.5. The average Bonchev–Trinajstić information content (AvgIpc) is 2.91. The van der Waals surface area contributed by atoms with E-state index < -0.39 is 0 Å². The van der Waals surface area contributed by atoms with Crippen LogP contribution in [0, 0.1) is 6.92 Å². The Morgan fingerprint density at radius 1 is 1.24 bits per heavy atom. The zero-order chi connectivity index (χ0) is 17.6. The summed E-state index contributed by atoms with van der Waals surface area (Å²) in [6, 6.07) is 0.619. The molecule has 1 aromatic heterocycles. The number of hydrogen-bond acceptors (Lipinski definition) is 5. The highest BCUT2D eigenvalue weighted by Gasteiger charge is 2.39. The van der Waals surface area contributed by atoms with E-state index in [0.717, 1.165) is 68.5 Å². The highest BCUT2D eigenvalue weighted by molar-refractivity contribution is 5.99. The number of carbonyl (C=O) groups excluding carboxylic acids is 1. The van der Waals surface area contributed by atoms with Crippen LogP contribution in [0.3, 0.4) is 0 Å². The van der Waals surface area contributed by atoms with Gasteiger partial charge in [0.1, 0.15) is 11.6 Å². The third-order valence-electron chi connectivity index (χ3n) is 6.18. The van der Waals surface area contributed by atoms with Gasteiger partial charge in [0.2, 0.25) is 5.91 Å². The number of fused-ring (bicyclic) bond motifs is 1. The fourth-order valence-electron chi connectivity index (χ4n) is 4.55. The monoisotopic (exact) mass is 344 g/mol. The summed E-state index contributed by atoms with van der Waals surface area (Å²) < 4.78 is 5.53. The first-order valence-electron chi connectivity index (χ1n) is 9.44. The SMILES string of the molecule is Cc1nc([C@@]2(C)CCCN(C3CCOCC3)C2)nc2c1CC(=O)N2C. The van der Waals surface area contributed by atoms with Gasteiger partial charge in [0.05, 0.1) is 6.42 Å². The van der Waals surface area contributed by atoms with Gasteiger partial charge in [-0.05, 0) is 39.2 Å². The maximum absolute atomic E-state index is 12.0. The Morgan fingerprint density at radius 2 is 2.00 bits per heavy atom. The van der Waals surface area contributed by atoms with Crippen LogP contribution in [0.1, 0.15) is 49.7 Å². The number of ether oxygens (including phenoxy) is 1. The predicted molar refractivity (Wildman–Crippen MR) is 95.9 cm³/mol. The van der Waals surface area contributed by atoms with Crippen LogP contribution in [0.2, 0.25) is 0 Å². The number of likely N-dealkylation sites (tertiary alicyclic amines) is 1. The van der Waals surface area contributed by atoms with E-state index in [4.69, 9.17) is 14.7 Å². The van der Waals surface area contributed by atoms with Crippen LogP contribution in [0.4, 0.5) is 5.82 Å². The van der Waals surface area contributed by atoms with Crippen LogP contribution in [0.5, 0.6) is 0 Å². The Bertz CT molecular complexity index is 686. The first-order chi connectivity index (χ1) is 12.0. The van der Waals surface area contributed by atoms with E-state index in [2.05, 4.69) is 11.8 Å². The Hall–Kier alpha value is -1.53. The molecule has 0 aliphatic carbocycles. The lowest BCUT2D eigenvalue weighted by molar-refractivity contribution is -0.117. The van der Waals surface area contributed by atoms with Gasteiger partial charge in [-0.3, -0.25) is 14.6 Å². The fourth-order valence-corrected chi connectivity index (χ4v) is 4.55. The number of rotatable bonds is 2. The molecule has 2 fully saturated rings. The molecule has 6 nitrogen and oxygen atoms in total. The largest absolute Gasteiger partial charge is 0.381 e. The lowest BCUT2D eigenvalue weighted by Crippen LogP contribution is -2.51. The van der Waals surface area contributed by atoms with Gasteiger partial charge in [-0.15, -0.1) is 0 Å². The molecule has 4 heterocycles. The van der Waals surface area contributed by atoms with Crippen LogP contribution < -0.4 is 4.90 Å². The van der Waals surface area contributed by atoms with Gasteiger partial charge in [0.15, 0.2) is 0 Å². The third-order valence-corrected chi connectivity index (χ3v) is 6.18. The highest BCUT2D eigenvalue weighted by Crippen LogP contribution is 2.36. The van der Waals surface area contributed by atoms with Gasteiger partial charge in [-0.1, -0.05) is 6.92 Å². The first-order valence-corrected chi connectivity index (χ1v) is 9.44. The number of anilines is 1. The molecule has 3 aliphatic rings. The normalized spacial score (nSPS) is 28.4. The minimum absolute atomic E-state index is 0.0528. The minimum Gasteiger partial charge on any atom is -0.381 e. The van der Waals surface area contributed by atoms with E-state index >= 15 is 0 Å². The van der Waals surface area contributed by atoms with Crippen molar-refractivity contribution in [2.45, 2.75) is 57.4 Å². The van der Waals surface area contributed by atoms with Crippen molar-refractivity contribution in [3.63, 3.8) is 0 Å². The van der Waals surface area contributed by atoms with Crippen molar-refractivity contribution < 1.29 is 9.53 Å². The molecule has 6 heteroatoms. The fraction of sp³-hybridized carbons (Fsp3) is 0.737. The average molecular weight is 344 g/mol. The maximum Gasteiger partial charge on any atom is 0.232 e. The molecule has 3 aliphatic heterocycles. The lowest BCUT2D eigenvalue weighted by Gasteiger charge is -2.44. The molecule has 0 saturated carbocycles. The van der Waals surface area contributed by atoms with Gasteiger partial charge in [-0.25, -0.2) is 9.97 Å². The van der Waals surface area contributed by atoms with Crippen LogP contribution in [0.25, 0.3) is 0 Å². The lowest BCUT2D eigenvalue weighted by atomic mass is 9.80. The summed E-state index contributed by atoms with van der Waals surface area (Å²) >= 11 is 0. The summed E-state index contributed by atoms with van der Waals surface area (Å²) in [5, 5.41) is 0. The van der Waals surface area contributed by atoms with E-state index in [0.29, 0.717) is 12.5 Å². The summed E-state index contributed by atoms with van der Waals surface area (Å²) in [7, 11) is 1.82. The molecule has 2 saturated heterocycles. The molecule has 0 N–H and O–H groups in total. The second-order valence-corrected chi connectivity index (χ2v) is 8.04. The molecule has 25 heavy (non-hydrogen) atoms. The van der Waals surface area contributed by atoms with Crippen molar-refractivity contribution in [1.29, 1.82) is 0 Å². The molecule has 1 amide bonds. The first kappa shape index (κ1) is 16.9. The van der Waals surface area contributed by atoms with Crippen LogP contribution in [-0.2, 0) is 21.4 Å². The number of piperidine rings is 1. The van der Waals surface area contributed by atoms with Crippen LogP contribution >= 0.6 is 0 Å². The molecule has 0 aromatic carbocycles. The van der Waals surface area contributed by atoms with Crippen molar-refractivity contribution in [3.8, 4) is 0 Å². The Morgan fingerprint density at radius 3 is 2.76 bits per heavy atom. The van der Waals surface area contributed by atoms with Gasteiger partial charge in [0.25, 0.3) is 0 Å². The Kier molecular flexibility index (Phi) is 4.28. The van der Waals surface area contributed by atoms with Crippen LogP contribution in [-0.4, -0.2) is 60.2 Å². The number of likely N-dealkylation sites (N-methyl/N-ethyl adjacent to an activating group) is 1.